The highest BCUT2D eigenvalue weighted by molar-refractivity contribution is 7.25. The number of aromatic nitrogens is 4. The maximum atomic E-state index is 6.94. The van der Waals surface area contributed by atoms with Crippen molar-refractivity contribution in [2.75, 3.05) is 0 Å². The van der Waals surface area contributed by atoms with E-state index in [0.717, 1.165) is 72.0 Å². The fraction of sp³-hybridized carbons (Fsp3) is 0. The zero-order valence-corrected chi connectivity index (χ0v) is 34.6. The van der Waals surface area contributed by atoms with E-state index in [1.165, 1.54) is 36.6 Å². The van der Waals surface area contributed by atoms with Gasteiger partial charge in [-0.2, -0.15) is 0 Å². The van der Waals surface area contributed by atoms with Crippen LogP contribution in [0, 0.1) is 0 Å². The Balaban J connectivity index is 1.03. The van der Waals surface area contributed by atoms with Crippen LogP contribution < -0.4 is 0 Å². The van der Waals surface area contributed by atoms with Crippen LogP contribution in [0.2, 0.25) is 0 Å². The van der Waals surface area contributed by atoms with Crippen LogP contribution in [0.15, 0.2) is 211 Å². The Labute approximate surface area is 365 Å². The smallest absolute Gasteiger partial charge is 0.167 e. The first kappa shape index (κ1) is 35.6. The molecule has 13 aromatic rings. The Morgan fingerprint density at radius 3 is 1.70 bits per heavy atom. The molecule has 63 heavy (non-hydrogen) atoms. The normalized spacial score (nSPS) is 11.8. The minimum atomic E-state index is 0.551. The summed E-state index contributed by atoms with van der Waals surface area (Å²) in [6.45, 7) is 0. The minimum absolute atomic E-state index is 0.551. The standard InChI is InChI=1S/C57H34N4OS/c1-2-15-35(16-3-1)36-31-33-37(34-32-36)55-58-56(44-23-14-30-51-53(44)42-20-7-11-29-50(42)63-51)60-57(59-55)45-24-12-22-43-52-41(21-13-28-49(52)62-54(43)45)40-19-6-10-27-48(40)61-46-25-8-4-17-38(46)39-18-5-9-26-47(39)61/h1-34H. The first-order chi connectivity index (χ1) is 31.2. The quantitative estimate of drug-likeness (QED) is 0.168. The third-order valence-electron chi connectivity index (χ3n) is 12.3. The van der Waals surface area contributed by atoms with Gasteiger partial charge in [-0.3, -0.25) is 0 Å². The van der Waals surface area contributed by atoms with Crippen LogP contribution in [0.3, 0.4) is 0 Å². The van der Waals surface area contributed by atoms with E-state index in [1.807, 2.05) is 6.07 Å². The fourth-order valence-corrected chi connectivity index (χ4v) is 10.6. The molecular weight excluding hydrogens is 789 g/mol. The van der Waals surface area contributed by atoms with E-state index < -0.39 is 0 Å². The highest BCUT2D eigenvalue weighted by atomic mass is 32.1. The van der Waals surface area contributed by atoms with Gasteiger partial charge in [-0.25, -0.2) is 15.0 Å². The maximum Gasteiger partial charge on any atom is 0.167 e. The van der Waals surface area contributed by atoms with Crippen LogP contribution in [0.25, 0.3) is 126 Å². The summed E-state index contributed by atoms with van der Waals surface area (Å²) in [5.41, 5.74) is 12.1. The fourth-order valence-electron chi connectivity index (χ4n) is 9.48. The number of rotatable bonds is 6. The molecule has 0 spiro atoms. The van der Waals surface area contributed by atoms with Crippen LogP contribution in [0.5, 0.6) is 0 Å². The molecule has 0 unspecified atom stereocenters. The summed E-state index contributed by atoms with van der Waals surface area (Å²) in [6, 6.07) is 72.6. The molecule has 0 aliphatic heterocycles. The van der Waals surface area contributed by atoms with E-state index in [4.69, 9.17) is 19.4 Å². The topological polar surface area (TPSA) is 56.7 Å². The van der Waals surface area contributed by atoms with Crippen LogP contribution >= 0.6 is 11.3 Å². The second kappa shape index (κ2) is 14.2. The van der Waals surface area contributed by atoms with Gasteiger partial charge in [0, 0.05) is 58.4 Å². The van der Waals surface area contributed by atoms with Crippen LogP contribution in [-0.2, 0) is 0 Å². The molecule has 0 aliphatic carbocycles. The zero-order valence-electron chi connectivity index (χ0n) is 33.7. The number of para-hydroxylation sites is 4. The molecule has 294 valence electrons. The molecule has 4 aromatic heterocycles. The molecule has 4 heterocycles. The summed E-state index contributed by atoms with van der Waals surface area (Å²) >= 11 is 1.79. The van der Waals surface area contributed by atoms with E-state index >= 15 is 0 Å². The van der Waals surface area contributed by atoms with Crippen molar-refractivity contribution in [3.05, 3.63) is 206 Å². The van der Waals surface area contributed by atoms with Gasteiger partial charge >= 0.3 is 0 Å². The average Bonchev–Trinajstić information content (AvgIpc) is 4.04. The first-order valence-corrected chi connectivity index (χ1v) is 21.9. The Morgan fingerprint density at radius 1 is 0.349 bits per heavy atom. The van der Waals surface area contributed by atoms with Gasteiger partial charge in [0.1, 0.15) is 11.2 Å². The number of benzene rings is 9. The lowest BCUT2D eigenvalue weighted by atomic mass is 9.97. The molecule has 0 bridgehead atoms. The Bertz CT molecular complexity index is 3860. The molecule has 0 fully saturated rings. The molecule has 0 radical (unpaired) electrons. The Morgan fingerprint density at radius 2 is 0.889 bits per heavy atom. The summed E-state index contributed by atoms with van der Waals surface area (Å²) in [7, 11) is 0. The minimum Gasteiger partial charge on any atom is -0.455 e. The molecule has 0 atom stereocenters. The van der Waals surface area contributed by atoms with Gasteiger partial charge in [-0.15, -0.1) is 11.3 Å². The predicted octanol–water partition coefficient (Wildman–Crippen LogP) is 15.6. The maximum absolute atomic E-state index is 6.94. The van der Waals surface area contributed by atoms with Gasteiger partial charge in [0.15, 0.2) is 17.5 Å². The molecule has 0 N–H and O–H groups in total. The van der Waals surface area contributed by atoms with Crippen molar-refractivity contribution >= 4 is 75.3 Å². The van der Waals surface area contributed by atoms with E-state index in [2.05, 4.69) is 205 Å². The summed E-state index contributed by atoms with van der Waals surface area (Å²) < 4.78 is 11.8. The lowest BCUT2D eigenvalue weighted by molar-refractivity contribution is 0.669. The zero-order chi connectivity index (χ0) is 41.4. The predicted molar refractivity (Wildman–Crippen MR) is 262 cm³/mol. The van der Waals surface area contributed by atoms with E-state index in [1.54, 1.807) is 11.3 Å². The monoisotopic (exact) mass is 822 g/mol. The van der Waals surface area contributed by atoms with Gasteiger partial charge in [0.2, 0.25) is 0 Å². The van der Waals surface area contributed by atoms with Crippen molar-refractivity contribution in [2.24, 2.45) is 0 Å². The number of furan rings is 1. The second-order valence-electron chi connectivity index (χ2n) is 15.9. The van der Waals surface area contributed by atoms with Gasteiger partial charge in [-0.1, -0.05) is 164 Å². The first-order valence-electron chi connectivity index (χ1n) is 21.1. The van der Waals surface area contributed by atoms with Gasteiger partial charge in [-0.05, 0) is 59.2 Å². The Hall–Kier alpha value is -8.19. The van der Waals surface area contributed by atoms with Crippen molar-refractivity contribution < 1.29 is 4.42 Å². The molecular formula is C57H34N4OS. The third kappa shape index (κ3) is 5.66. The van der Waals surface area contributed by atoms with Crippen LogP contribution in [0.4, 0.5) is 0 Å². The second-order valence-corrected chi connectivity index (χ2v) is 17.0. The van der Waals surface area contributed by atoms with E-state index in [-0.39, 0.29) is 0 Å². The molecule has 9 aromatic carbocycles. The lowest BCUT2D eigenvalue weighted by Crippen LogP contribution is -2.00. The lowest BCUT2D eigenvalue weighted by Gasteiger charge is -2.14. The molecule has 0 saturated heterocycles. The molecule has 5 nitrogen and oxygen atoms in total. The highest BCUT2D eigenvalue weighted by Gasteiger charge is 2.23. The van der Waals surface area contributed by atoms with Gasteiger partial charge in [0.05, 0.1) is 22.3 Å². The summed E-state index contributed by atoms with van der Waals surface area (Å²) in [4.78, 5) is 15.8. The number of fused-ring (bicyclic) bond motifs is 9. The largest absolute Gasteiger partial charge is 0.455 e. The number of nitrogens with zero attached hydrogens (tertiary/aromatic N) is 4. The summed E-state index contributed by atoms with van der Waals surface area (Å²) in [5, 5.41) is 6.84. The number of hydrogen-bond donors (Lipinski definition) is 0. The molecule has 0 aliphatic rings. The molecule has 6 heteroatoms. The van der Waals surface area contributed by atoms with Crippen molar-refractivity contribution in [2.45, 2.75) is 0 Å². The Kier molecular flexibility index (Phi) is 8.01. The highest BCUT2D eigenvalue weighted by Crippen LogP contribution is 2.44. The van der Waals surface area contributed by atoms with Crippen LogP contribution in [0.1, 0.15) is 0 Å². The SMILES string of the molecule is c1ccc(-c2ccc(-c3nc(-c4cccc5c4oc4cccc(-c6ccccc6-n6c7ccccc7c7ccccc76)c45)nc(-c4cccc5sc6ccccc6c45)n3)cc2)cc1. The van der Waals surface area contributed by atoms with Gasteiger partial charge < -0.3 is 8.98 Å². The van der Waals surface area contributed by atoms with E-state index in [0.29, 0.717) is 17.5 Å². The number of hydrogen-bond acceptors (Lipinski definition) is 5. The van der Waals surface area contributed by atoms with Crippen molar-refractivity contribution in [1.29, 1.82) is 0 Å². The van der Waals surface area contributed by atoms with Crippen molar-refractivity contribution in [1.82, 2.24) is 19.5 Å². The molecule has 13 rings (SSSR count). The van der Waals surface area contributed by atoms with Crippen LogP contribution in [-0.4, -0.2) is 19.5 Å². The van der Waals surface area contributed by atoms with Crippen molar-refractivity contribution in [3.8, 4) is 62.1 Å². The molecule has 0 saturated carbocycles. The third-order valence-corrected chi connectivity index (χ3v) is 13.4. The van der Waals surface area contributed by atoms with Gasteiger partial charge in [0.25, 0.3) is 0 Å². The van der Waals surface area contributed by atoms with Crippen molar-refractivity contribution in [3.63, 3.8) is 0 Å². The summed E-state index contributed by atoms with van der Waals surface area (Å²) in [6.07, 6.45) is 0. The number of thiophene rings is 1. The average molecular weight is 823 g/mol. The summed E-state index contributed by atoms with van der Waals surface area (Å²) in [5.74, 6) is 1.76. The molecule has 0 amide bonds. The van der Waals surface area contributed by atoms with E-state index in [9.17, 15) is 0 Å².